The van der Waals surface area contributed by atoms with E-state index in [1.807, 2.05) is 67.7 Å². The summed E-state index contributed by atoms with van der Waals surface area (Å²) in [6.07, 6.45) is 4.11. The molecule has 3 rings (SSSR count). The summed E-state index contributed by atoms with van der Waals surface area (Å²) in [6.45, 7) is 1.88. The number of aliphatic hydroxyl groups is 1. The molecule has 5 nitrogen and oxygen atoms in total. The molecule has 0 aliphatic heterocycles. The molecule has 3 aromatic rings. The zero-order chi connectivity index (χ0) is 19.1. The van der Waals surface area contributed by atoms with Gasteiger partial charge in [0.15, 0.2) is 0 Å². The Bertz CT molecular complexity index is 838. The fourth-order valence-corrected chi connectivity index (χ4v) is 2.78. The van der Waals surface area contributed by atoms with Crippen LogP contribution in [0.2, 0.25) is 0 Å². The van der Waals surface area contributed by atoms with Gasteiger partial charge in [-0.1, -0.05) is 12.1 Å². The number of nitrogens with zero attached hydrogens (tertiary/aromatic N) is 2. The number of ether oxygens (including phenoxy) is 2. The molecule has 0 saturated carbocycles. The summed E-state index contributed by atoms with van der Waals surface area (Å²) in [5.41, 5.74) is 2.93. The molecule has 0 spiro atoms. The Morgan fingerprint density at radius 3 is 2.56 bits per heavy atom. The van der Waals surface area contributed by atoms with Crippen molar-refractivity contribution in [1.82, 2.24) is 9.97 Å². The molecule has 2 heterocycles. The zero-order valence-corrected chi connectivity index (χ0v) is 15.6. The lowest BCUT2D eigenvalue weighted by Gasteiger charge is -2.20. The van der Waals surface area contributed by atoms with E-state index in [2.05, 4.69) is 9.97 Å². The quantitative estimate of drug-likeness (QED) is 0.656. The lowest BCUT2D eigenvalue weighted by Crippen LogP contribution is -2.29. The van der Waals surface area contributed by atoms with Crippen molar-refractivity contribution in [3.8, 4) is 22.9 Å². The van der Waals surface area contributed by atoms with Crippen LogP contribution in [0.1, 0.15) is 18.9 Å². The number of hydrogen-bond acceptors (Lipinski definition) is 5. The fourth-order valence-electron chi connectivity index (χ4n) is 2.78. The van der Waals surface area contributed by atoms with Crippen molar-refractivity contribution < 1.29 is 14.6 Å². The minimum Gasteiger partial charge on any atom is -0.488 e. The number of aromatic nitrogens is 2. The normalized spacial score (nSPS) is 13.0. The first-order chi connectivity index (χ1) is 13.2. The van der Waals surface area contributed by atoms with Gasteiger partial charge >= 0.3 is 0 Å². The third kappa shape index (κ3) is 5.28. The fraction of sp³-hybridized carbons (Fsp3) is 0.273. The Morgan fingerprint density at radius 2 is 1.85 bits per heavy atom. The highest BCUT2D eigenvalue weighted by molar-refractivity contribution is 5.60. The molecule has 5 heteroatoms. The Labute approximate surface area is 159 Å². The number of methoxy groups -OCH3 is 1. The maximum atomic E-state index is 10.4. The Balaban J connectivity index is 1.56. The summed E-state index contributed by atoms with van der Waals surface area (Å²) in [5, 5.41) is 10.4. The van der Waals surface area contributed by atoms with Crippen LogP contribution < -0.4 is 9.47 Å². The van der Waals surface area contributed by atoms with Gasteiger partial charge in [-0.05, 0) is 61.7 Å². The Kier molecular flexibility index (Phi) is 6.39. The Morgan fingerprint density at radius 1 is 1.04 bits per heavy atom. The molecule has 0 radical (unpaired) electrons. The van der Waals surface area contributed by atoms with Crippen molar-refractivity contribution in [2.45, 2.75) is 32.0 Å². The van der Waals surface area contributed by atoms with Gasteiger partial charge in [-0.2, -0.15) is 0 Å². The van der Waals surface area contributed by atoms with Gasteiger partial charge in [-0.25, -0.2) is 4.98 Å². The van der Waals surface area contributed by atoms with E-state index in [0.29, 0.717) is 12.3 Å². The van der Waals surface area contributed by atoms with E-state index < -0.39 is 6.10 Å². The summed E-state index contributed by atoms with van der Waals surface area (Å²) in [5.74, 6) is 1.30. The van der Waals surface area contributed by atoms with Gasteiger partial charge in [0.25, 0.3) is 0 Å². The highest BCUT2D eigenvalue weighted by Crippen LogP contribution is 2.23. The van der Waals surface area contributed by atoms with Crippen LogP contribution in [-0.2, 0) is 6.42 Å². The van der Waals surface area contributed by atoms with Crippen LogP contribution in [0.15, 0.2) is 67.0 Å². The average molecular weight is 364 g/mol. The van der Waals surface area contributed by atoms with Crippen LogP contribution in [-0.4, -0.2) is 34.4 Å². The van der Waals surface area contributed by atoms with Gasteiger partial charge in [-0.3, -0.25) is 4.98 Å². The standard InChI is InChI=1S/C22H24N2O3/c1-16(21(25)13-8-17-5-4-14-23-15-17)27-19-11-9-18(10-12-19)20-6-3-7-22(24-20)26-2/h3-7,9-12,14-16,21,25H,8,13H2,1-2H3/t16-,21+/m0/s1. The number of benzene rings is 1. The summed E-state index contributed by atoms with van der Waals surface area (Å²) in [4.78, 5) is 8.52. The molecular weight excluding hydrogens is 340 g/mol. The third-order valence-electron chi connectivity index (χ3n) is 4.40. The molecule has 0 bridgehead atoms. The van der Waals surface area contributed by atoms with Gasteiger partial charge in [0, 0.05) is 24.0 Å². The number of rotatable bonds is 8. The first-order valence-corrected chi connectivity index (χ1v) is 9.01. The van der Waals surface area contributed by atoms with Crippen LogP contribution in [0, 0.1) is 0 Å². The summed E-state index contributed by atoms with van der Waals surface area (Å²) in [7, 11) is 1.60. The lowest BCUT2D eigenvalue weighted by atomic mass is 10.1. The number of aryl methyl sites for hydroxylation is 1. The smallest absolute Gasteiger partial charge is 0.213 e. The van der Waals surface area contributed by atoms with Crippen LogP contribution >= 0.6 is 0 Å². The molecule has 0 aliphatic rings. The lowest BCUT2D eigenvalue weighted by molar-refractivity contribution is 0.0420. The van der Waals surface area contributed by atoms with E-state index in [4.69, 9.17) is 9.47 Å². The van der Waals surface area contributed by atoms with E-state index in [1.165, 1.54) is 0 Å². The van der Waals surface area contributed by atoms with Gasteiger partial charge < -0.3 is 14.6 Å². The van der Waals surface area contributed by atoms with E-state index in [-0.39, 0.29) is 6.10 Å². The maximum absolute atomic E-state index is 10.4. The first kappa shape index (κ1) is 18.9. The second-order valence-electron chi connectivity index (χ2n) is 6.38. The van der Waals surface area contributed by atoms with Gasteiger partial charge in [0.1, 0.15) is 11.9 Å². The maximum Gasteiger partial charge on any atom is 0.213 e. The summed E-state index contributed by atoms with van der Waals surface area (Å²) in [6, 6.07) is 17.3. The number of pyridine rings is 2. The molecular formula is C22H24N2O3. The molecule has 1 aromatic carbocycles. The molecule has 140 valence electrons. The molecule has 1 N–H and O–H groups in total. The highest BCUT2D eigenvalue weighted by atomic mass is 16.5. The SMILES string of the molecule is COc1cccc(-c2ccc(O[C@@H](C)[C@H](O)CCc3cccnc3)cc2)n1. The van der Waals surface area contributed by atoms with E-state index in [0.717, 1.165) is 29.0 Å². The molecule has 2 aromatic heterocycles. The van der Waals surface area contributed by atoms with E-state index in [9.17, 15) is 5.11 Å². The van der Waals surface area contributed by atoms with Crippen LogP contribution in [0.25, 0.3) is 11.3 Å². The van der Waals surface area contributed by atoms with Crippen molar-refractivity contribution in [3.63, 3.8) is 0 Å². The van der Waals surface area contributed by atoms with Crippen molar-refractivity contribution in [2.24, 2.45) is 0 Å². The van der Waals surface area contributed by atoms with Crippen LogP contribution in [0.3, 0.4) is 0 Å². The topological polar surface area (TPSA) is 64.5 Å². The third-order valence-corrected chi connectivity index (χ3v) is 4.40. The second kappa shape index (κ2) is 9.14. The van der Waals surface area contributed by atoms with E-state index in [1.54, 1.807) is 13.3 Å². The van der Waals surface area contributed by atoms with Crippen molar-refractivity contribution in [1.29, 1.82) is 0 Å². The summed E-state index contributed by atoms with van der Waals surface area (Å²) < 4.78 is 11.1. The van der Waals surface area contributed by atoms with Crippen molar-refractivity contribution in [3.05, 3.63) is 72.6 Å². The first-order valence-electron chi connectivity index (χ1n) is 9.01. The number of hydrogen-bond donors (Lipinski definition) is 1. The minimum absolute atomic E-state index is 0.303. The molecule has 0 fully saturated rings. The monoisotopic (exact) mass is 364 g/mol. The largest absolute Gasteiger partial charge is 0.488 e. The molecule has 2 atom stereocenters. The van der Waals surface area contributed by atoms with Gasteiger partial charge in [-0.15, -0.1) is 0 Å². The molecule has 0 amide bonds. The van der Waals surface area contributed by atoms with E-state index >= 15 is 0 Å². The molecule has 0 saturated heterocycles. The van der Waals surface area contributed by atoms with Crippen molar-refractivity contribution >= 4 is 0 Å². The molecule has 27 heavy (non-hydrogen) atoms. The van der Waals surface area contributed by atoms with Crippen molar-refractivity contribution in [2.75, 3.05) is 7.11 Å². The highest BCUT2D eigenvalue weighted by Gasteiger charge is 2.16. The minimum atomic E-state index is -0.551. The summed E-state index contributed by atoms with van der Waals surface area (Å²) >= 11 is 0. The zero-order valence-electron chi connectivity index (χ0n) is 15.6. The molecule has 0 aliphatic carbocycles. The average Bonchev–Trinajstić information content (AvgIpc) is 2.73. The van der Waals surface area contributed by atoms with Crippen LogP contribution in [0.5, 0.6) is 11.6 Å². The van der Waals surface area contributed by atoms with Gasteiger partial charge in [0.05, 0.1) is 18.9 Å². The van der Waals surface area contributed by atoms with Crippen LogP contribution in [0.4, 0.5) is 0 Å². The predicted octanol–water partition coefficient (Wildman–Crippen LogP) is 3.91. The number of aliphatic hydroxyl groups excluding tert-OH is 1. The molecule has 0 unspecified atom stereocenters. The van der Waals surface area contributed by atoms with Gasteiger partial charge in [0.2, 0.25) is 5.88 Å². The Hall–Kier alpha value is -2.92. The second-order valence-corrected chi connectivity index (χ2v) is 6.38. The predicted molar refractivity (Wildman–Crippen MR) is 105 cm³/mol.